The van der Waals surface area contributed by atoms with Crippen molar-refractivity contribution in [2.24, 2.45) is 0 Å². The van der Waals surface area contributed by atoms with Crippen molar-refractivity contribution >= 4 is 11.9 Å². The van der Waals surface area contributed by atoms with Crippen molar-refractivity contribution < 1.29 is 19.4 Å². The summed E-state index contributed by atoms with van der Waals surface area (Å²) in [5, 5.41) is 11.5. The summed E-state index contributed by atoms with van der Waals surface area (Å²) < 4.78 is 5.27. The van der Waals surface area contributed by atoms with E-state index in [2.05, 4.69) is 10.3 Å². The zero-order valence-electron chi connectivity index (χ0n) is 9.64. The number of rotatable bonds is 5. The molecule has 92 valence electrons. The van der Waals surface area contributed by atoms with E-state index >= 15 is 0 Å². The number of carboxylic acid groups (broad SMARTS) is 1. The molecule has 1 amide bonds. The van der Waals surface area contributed by atoms with Crippen LogP contribution in [0, 0.1) is 0 Å². The Morgan fingerprint density at radius 2 is 2.29 bits per heavy atom. The highest BCUT2D eigenvalue weighted by atomic mass is 16.5. The van der Waals surface area contributed by atoms with Crippen LogP contribution in [0.3, 0.4) is 0 Å². The van der Waals surface area contributed by atoms with Gasteiger partial charge in [0.15, 0.2) is 17.5 Å². The molecule has 1 heterocycles. The first-order chi connectivity index (χ1) is 8.06. The van der Waals surface area contributed by atoms with E-state index in [1.54, 1.807) is 19.9 Å². The number of likely N-dealkylation sites (N-methyl/N-ethyl adjacent to an activating group) is 1. The highest BCUT2D eigenvalue weighted by molar-refractivity contribution is 5.88. The summed E-state index contributed by atoms with van der Waals surface area (Å²) >= 11 is 0. The molecule has 1 aromatic rings. The molecular weight excluding hydrogens is 224 g/mol. The van der Waals surface area contributed by atoms with Crippen LogP contribution in [0.5, 0.6) is 5.75 Å². The van der Waals surface area contributed by atoms with Crippen LogP contribution in [0.25, 0.3) is 0 Å². The van der Waals surface area contributed by atoms with Crippen LogP contribution < -0.4 is 10.1 Å². The van der Waals surface area contributed by atoms with E-state index in [-0.39, 0.29) is 17.4 Å². The molecule has 0 spiro atoms. The number of nitrogens with zero attached hydrogens (tertiary/aromatic N) is 1. The zero-order valence-corrected chi connectivity index (χ0v) is 9.64. The normalized spacial score (nSPS) is 11.6. The SMILES string of the molecule is CCNC(=O)C(C)Oc1cccnc1C(=O)O. The summed E-state index contributed by atoms with van der Waals surface area (Å²) in [6.45, 7) is 3.83. The highest BCUT2D eigenvalue weighted by Crippen LogP contribution is 2.16. The van der Waals surface area contributed by atoms with Crippen molar-refractivity contribution in [1.29, 1.82) is 0 Å². The van der Waals surface area contributed by atoms with E-state index in [0.717, 1.165) is 0 Å². The molecule has 2 N–H and O–H groups in total. The van der Waals surface area contributed by atoms with Gasteiger partial charge in [-0.05, 0) is 26.0 Å². The smallest absolute Gasteiger partial charge is 0.358 e. The van der Waals surface area contributed by atoms with E-state index in [1.165, 1.54) is 12.3 Å². The summed E-state index contributed by atoms with van der Waals surface area (Å²) in [4.78, 5) is 26.0. The predicted molar refractivity (Wildman–Crippen MR) is 60.0 cm³/mol. The monoisotopic (exact) mass is 238 g/mol. The second kappa shape index (κ2) is 5.83. The van der Waals surface area contributed by atoms with Crippen LogP contribution >= 0.6 is 0 Å². The molecule has 0 aliphatic rings. The van der Waals surface area contributed by atoms with Gasteiger partial charge in [0.05, 0.1) is 0 Å². The van der Waals surface area contributed by atoms with Crippen LogP contribution in [0.4, 0.5) is 0 Å². The third-order valence-electron chi connectivity index (χ3n) is 2.00. The van der Waals surface area contributed by atoms with Crippen LogP contribution in [-0.4, -0.2) is 34.6 Å². The van der Waals surface area contributed by atoms with Crippen molar-refractivity contribution in [2.45, 2.75) is 20.0 Å². The largest absolute Gasteiger partial charge is 0.478 e. The number of nitrogens with one attached hydrogen (secondary N) is 1. The van der Waals surface area contributed by atoms with E-state index in [4.69, 9.17) is 9.84 Å². The van der Waals surface area contributed by atoms with Crippen LogP contribution in [0.2, 0.25) is 0 Å². The molecule has 0 radical (unpaired) electrons. The van der Waals surface area contributed by atoms with Crippen molar-refractivity contribution in [3.05, 3.63) is 24.0 Å². The first-order valence-corrected chi connectivity index (χ1v) is 5.19. The number of hydrogen-bond donors (Lipinski definition) is 2. The van der Waals surface area contributed by atoms with Crippen molar-refractivity contribution in [3.8, 4) is 5.75 Å². The molecule has 0 aliphatic heterocycles. The summed E-state index contributed by atoms with van der Waals surface area (Å²) in [5.41, 5.74) is -0.205. The second-order valence-electron chi connectivity index (χ2n) is 3.31. The van der Waals surface area contributed by atoms with Crippen LogP contribution in [-0.2, 0) is 4.79 Å². The van der Waals surface area contributed by atoms with E-state index in [9.17, 15) is 9.59 Å². The third-order valence-corrected chi connectivity index (χ3v) is 2.00. The van der Waals surface area contributed by atoms with Crippen molar-refractivity contribution in [2.75, 3.05) is 6.54 Å². The molecule has 0 aliphatic carbocycles. The number of hydrogen-bond acceptors (Lipinski definition) is 4. The van der Waals surface area contributed by atoms with Gasteiger partial charge in [-0.2, -0.15) is 0 Å². The molecule has 1 rings (SSSR count). The highest BCUT2D eigenvalue weighted by Gasteiger charge is 2.18. The number of carbonyl (C=O) groups excluding carboxylic acids is 1. The van der Waals surface area contributed by atoms with Gasteiger partial charge in [0, 0.05) is 12.7 Å². The lowest BCUT2D eigenvalue weighted by atomic mass is 10.3. The van der Waals surface area contributed by atoms with Crippen molar-refractivity contribution in [3.63, 3.8) is 0 Å². The van der Waals surface area contributed by atoms with Gasteiger partial charge in [0.2, 0.25) is 0 Å². The topological polar surface area (TPSA) is 88.5 Å². The average molecular weight is 238 g/mol. The van der Waals surface area contributed by atoms with Gasteiger partial charge in [0.1, 0.15) is 0 Å². The Morgan fingerprint density at radius 1 is 1.59 bits per heavy atom. The molecule has 0 aromatic carbocycles. The molecule has 1 aromatic heterocycles. The van der Waals surface area contributed by atoms with E-state index in [1.807, 2.05) is 0 Å². The quantitative estimate of drug-likeness (QED) is 0.787. The van der Waals surface area contributed by atoms with Gasteiger partial charge < -0.3 is 15.2 Å². The molecule has 0 bridgehead atoms. The number of amides is 1. The van der Waals surface area contributed by atoms with Gasteiger partial charge in [-0.1, -0.05) is 0 Å². The lowest BCUT2D eigenvalue weighted by molar-refractivity contribution is -0.127. The summed E-state index contributed by atoms with van der Waals surface area (Å²) in [5.74, 6) is -1.41. The molecule has 0 fully saturated rings. The fraction of sp³-hybridized carbons (Fsp3) is 0.364. The number of aromatic nitrogens is 1. The number of pyridine rings is 1. The number of aromatic carboxylic acids is 1. The molecule has 6 nitrogen and oxygen atoms in total. The lowest BCUT2D eigenvalue weighted by Crippen LogP contribution is -2.36. The maximum Gasteiger partial charge on any atom is 0.358 e. The predicted octanol–water partition coefficient (Wildman–Crippen LogP) is 0.683. The summed E-state index contributed by atoms with van der Waals surface area (Å²) in [7, 11) is 0. The minimum atomic E-state index is -1.19. The molecule has 0 saturated heterocycles. The standard InChI is InChI=1S/C11H14N2O4/c1-3-12-10(14)7(2)17-8-5-4-6-13-9(8)11(15)16/h4-7H,3H2,1-2H3,(H,12,14)(H,15,16). The summed E-state index contributed by atoms with van der Waals surface area (Å²) in [6, 6.07) is 3.01. The number of ether oxygens (including phenoxy) is 1. The van der Waals surface area contributed by atoms with Gasteiger partial charge >= 0.3 is 5.97 Å². The first kappa shape index (κ1) is 13.0. The fourth-order valence-electron chi connectivity index (χ4n) is 1.21. The Morgan fingerprint density at radius 3 is 2.88 bits per heavy atom. The van der Waals surface area contributed by atoms with Crippen LogP contribution in [0.1, 0.15) is 24.3 Å². The molecular formula is C11H14N2O4. The average Bonchev–Trinajstić information content (AvgIpc) is 2.29. The minimum absolute atomic E-state index is 0.0822. The Hall–Kier alpha value is -2.11. The lowest BCUT2D eigenvalue weighted by Gasteiger charge is -2.14. The van der Waals surface area contributed by atoms with Gasteiger partial charge in [-0.15, -0.1) is 0 Å². The molecule has 1 atom stereocenters. The Bertz CT molecular complexity index is 420. The Labute approximate surface area is 98.6 Å². The minimum Gasteiger partial charge on any atom is -0.478 e. The van der Waals surface area contributed by atoms with Gasteiger partial charge in [0.25, 0.3) is 5.91 Å². The van der Waals surface area contributed by atoms with Crippen LogP contribution in [0.15, 0.2) is 18.3 Å². The molecule has 17 heavy (non-hydrogen) atoms. The van der Waals surface area contributed by atoms with E-state index in [0.29, 0.717) is 6.54 Å². The molecule has 0 saturated carbocycles. The maximum absolute atomic E-state index is 11.4. The number of carboxylic acids is 1. The van der Waals surface area contributed by atoms with Gasteiger partial charge in [-0.3, -0.25) is 4.79 Å². The number of carbonyl (C=O) groups is 2. The third kappa shape index (κ3) is 3.44. The molecule has 1 unspecified atom stereocenters. The summed E-state index contributed by atoms with van der Waals surface area (Å²) in [6.07, 6.45) is 0.588. The Kier molecular flexibility index (Phi) is 4.45. The van der Waals surface area contributed by atoms with Gasteiger partial charge in [-0.25, -0.2) is 9.78 Å². The Balaban J connectivity index is 2.81. The van der Waals surface area contributed by atoms with Crippen molar-refractivity contribution in [1.82, 2.24) is 10.3 Å². The van der Waals surface area contributed by atoms with E-state index < -0.39 is 12.1 Å². The molecule has 6 heteroatoms. The zero-order chi connectivity index (χ0) is 12.8. The first-order valence-electron chi connectivity index (χ1n) is 5.19. The second-order valence-corrected chi connectivity index (χ2v) is 3.31. The maximum atomic E-state index is 11.4. The fourth-order valence-corrected chi connectivity index (χ4v) is 1.21.